The minimum absolute atomic E-state index is 0.670. The van der Waals surface area contributed by atoms with Crippen molar-refractivity contribution in [2.24, 2.45) is 0 Å². The molecular weight excluding hydrogens is 350 g/mol. The van der Waals surface area contributed by atoms with Crippen LogP contribution in [-0.4, -0.2) is 15.2 Å². The van der Waals surface area contributed by atoms with Crippen LogP contribution in [0.3, 0.4) is 0 Å². The van der Waals surface area contributed by atoms with E-state index in [-0.39, 0.29) is 0 Å². The maximum absolute atomic E-state index is 6.23. The molecule has 3 aromatic carbocycles. The topological polar surface area (TPSA) is 38.7 Å². The van der Waals surface area contributed by atoms with E-state index in [9.17, 15) is 0 Å². The lowest BCUT2D eigenvalue weighted by Crippen LogP contribution is -1.95. The second kappa shape index (κ2) is 5.83. The van der Waals surface area contributed by atoms with Gasteiger partial charge in [0.2, 0.25) is 5.16 Å². The Kier molecular flexibility index (Phi) is 3.47. The van der Waals surface area contributed by atoms with Crippen LogP contribution in [0.2, 0.25) is 5.02 Å². The Morgan fingerprint density at radius 3 is 2.36 bits per heavy atom. The van der Waals surface area contributed by atoms with E-state index >= 15 is 0 Å². The molecule has 0 unspecified atom stereocenters. The quantitative estimate of drug-likeness (QED) is 0.391. The number of rotatable bonds is 3. The maximum Gasteiger partial charge on any atom is 0.210 e. The van der Waals surface area contributed by atoms with Crippen LogP contribution in [0, 0.1) is 0 Å². The van der Waals surface area contributed by atoms with Crippen molar-refractivity contribution in [3.63, 3.8) is 0 Å². The number of hydrogen-bond donors (Lipinski definition) is 0. The molecule has 0 radical (unpaired) electrons. The average Bonchev–Trinajstić information content (AvgIpc) is 2.97. The van der Waals surface area contributed by atoms with Crippen molar-refractivity contribution in [2.45, 2.75) is 10.9 Å². The molecule has 1 aromatic heterocycles. The summed E-state index contributed by atoms with van der Waals surface area (Å²) in [6.45, 7) is 0. The van der Waals surface area contributed by atoms with E-state index in [4.69, 9.17) is 16.6 Å². The Hall–Kier alpha value is -2.43. The molecule has 0 saturated carbocycles. The van der Waals surface area contributed by atoms with Crippen LogP contribution in [0.15, 0.2) is 65.8 Å². The molecule has 0 amide bonds. The van der Waals surface area contributed by atoms with Crippen LogP contribution in [0.1, 0.15) is 5.56 Å². The number of aromatic nitrogens is 3. The van der Waals surface area contributed by atoms with Gasteiger partial charge in [0.1, 0.15) is 11.4 Å². The van der Waals surface area contributed by atoms with Gasteiger partial charge in [-0.2, -0.15) is 0 Å². The Morgan fingerprint density at radius 2 is 1.56 bits per heavy atom. The molecule has 120 valence electrons. The second-order valence-electron chi connectivity index (χ2n) is 5.88. The molecule has 0 bridgehead atoms. The van der Waals surface area contributed by atoms with E-state index in [1.165, 1.54) is 10.8 Å². The molecule has 0 atom stereocenters. The minimum Gasteiger partial charge on any atom is -0.219 e. The molecule has 1 heterocycles. The highest BCUT2D eigenvalue weighted by atomic mass is 35.5. The van der Waals surface area contributed by atoms with Gasteiger partial charge in [-0.05, 0) is 17.0 Å². The summed E-state index contributed by atoms with van der Waals surface area (Å²) >= 11 is 7.78. The van der Waals surface area contributed by atoms with Crippen molar-refractivity contribution < 1.29 is 0 Å². The van der Waals surface area contributed by atoms with Crippen LogP contribution >= 0.6 is 23.4 Å². The fourth-order valence-electron chi connectivity index (χ4n) is 3.23. The molecule has 0 spiro atoms. The molecule has 3 nitrogen and oxygen atoms in total. The van der Waals surface area contributed by atoms with Gasteiger partial charge >= 0.3 is 0 Å². The molecule has 1 aliphatic carbocycles. The van der Waals surface area contributed by atoms with Gasteiger partial charge in [0.15, 0.2) is 0 Å². The largest absolute Gasteiger partial charge is 0.219 e. The number of fused-ring (bicyclic) bond motifs is 3. The summed E-state index contributed by atoms with van der Waals surface area (Å²) in [7, 11) is 0. The fourth-order valence-corrected chi connectivity index (χ4v) is 4.31. The first kappa shape index (κ1) is 14.9. The molecule has 1 aliphatic rings. The zero-order chi connectivity index (χ0) is 16.8. The van der Waals surface area contributed by atoms with E-state index in [2.05, 4.69) is 46.6 Å². The molecule has 0 fully saturated rings. The summed E-state index contributed by atoms with van der Waals surface area (Å²) in [6.07, 6.45) is 0. The zero-order valence-electron chi connectivity index (χ0n) is 13.1. The summed E-state index contributed by atoms with van der Waals surface area (Å²) in [5.74, 6) is 0.720. The Morgan fingerprint density at radius 1 is 0.800 bits per heavy atom. The van der Waals surface area contributed by atoms with Gasteiger partial charge in [0.05, 0.1) is 0 Å². The molecule has 5 heteroatoms. The van der Waals surface area contributed by atoms with Gasteiger partial charge < -0.3 is 0 Å². The first-order chi connectivity index (χ1) is 12.3. The van der Waals surface area contributed by atoms with Gasteiger partial charge in [-0.25, -0.2) is 4.98 Å². The lowest BCUT2D eigenvalue weighted by Gasteiger charge is -2.04. The van der Waals surface area contributed by atoms with Crippen LogP contribution < -0.4 is 0 Å². The summed E-state index contributed by atoms with van der Waals surface area (Å²) < 4.78 is 0. The fraction of sp³-hybridized carbons (Fsp3) is 0.0500. The van der Waals surface area contributed by atoms with Gasteiger partial charge in [0, 0.05) is 27.3 Å². The lowest BCUT2D eigenvalue weighted by atomic mass is 10.0. The van der Waals surface area contributed by atoms with Crippen LogP contribution in [0.4, 0.5) is 0 Å². The molecular formula is C20H12ClN3S. The number of benzene rings is 3. The third-order valence-corrected chi connectivity index (χ3v) is 5.65. The standard InChI is InChI=1S/C20H12ClN3S/c21-16-10-2-1-5-13(16)11-25-20-22-18-14-8-3-6-12-7-4-9-15(17(12)14)19(18)23-24-20/h1-10H,11H2. The highest BCUT2D eigenvalue weighted by molar-refractivity contribution is 7.98. The van der Waals surface area contributed by atoms with E-state index in [1.54, 1.807) is 11.8 Å². The highest BCUT2D eigenvalue weighted by Gasteiger charge is 2.24. The van der Waals surface area contributed by atoms with Gasteiger partial charge in [-0.3, -0.25) is 0 Å². The number of halogens is 1. The van der Waals surface area contributed by atoms with Crippen molar-refractivity contribution in [1.82, 2.24) is 15.2 Å². The monoisotopic (exact) mass is 361 g/mol. The summed E-state index contributed by atoms with van der Waals surface area (Å²) in [4.78, 5) is 4.78. The summed E-state index contributed by atoms with van der Waals surface area (Å²) in [5.41, 5.74) is 5.12. The SMILES string of the molecule is Clc1ccccc1CSc1nnc2c(n1)-c1cccc3cccc-2c13. The van der Waals surface area contributed by atoms with Crippen LogP contribution in [0.25, 0.3) is 33.3 Å². The minimum atomic E-state index is 0.670. The first-order valence-electron chi connectivity index (χ1n) is 7.95. The van der Waals surface area contributed by atoms with E-state index < -0.39 is 0 Å². The van der Waals surface area contributed by atoms with Gasteiger partial charge in [-0.15, -0.1) is 10.2 Å². The number of thioether (sulfide) groups is 1. The van der Waals surface area contributed by atoms with Crippen LogP contribution in [-0.2, 0) is 5.75 Å². The van der Waals surface area contributed by atoms with Crippen molar-refractivity contribution in [3.05, 3.63) is 71.2 Å². The molecule has 0 saturated heterocycles. The smallest absolute Gasteiger partial charge is 0.210 e. The van der Waals surface area contributed by atoms with Gasteiger partial charge in [-0.1, -0.05) is 78.0 Å². The predicted molar refractivity (Wildman–Crippen MR) is 103 cm³/mol. The lowest BCUT2D eigenvalue weighted by molar-refractivity contribution is 0.853. The third kappa shape index (κ3) is 2.41. The summed E-state index contributed by atoms with van der Waals surface area (Å²) in [5, 5.41) is 12.7. The van der Waals surface area contributed by atoms with Crippen molar-refractivity contribution >= 4 is 34.1 Å². The third-order valence-electron chi connectivity index (χ3n) is 4.40. The number of hydrogen-bond acceptors (Lipinski definition) is 4. The van der Waals surface area contributed by atoms with Crippen molar-refractivity contribution in [2.75, 3.05) is 0 Å². The average molecular weight is 362 g/mol. The highest BCUT2D eigenvalue weighted by Crippen LogP contribution is 2.45. The molecule has 4 aromatic rings. The van der Waals surface area contributed by atoms with Crippen molar-refractivity contribution in [1.29, 1.82) is 0 Å². The summed E-state index contributed by atoms with van der Waals surface area (Å²) in [6, 6.07) is 20.4. The zero-order valence-corrected chi connectivity index (χ0v) is 14.7. The predicted octanol–water partition coefficient (Wildman–Crippen LogP) is 5.62. The van der Waals surface area contributed by atoms with E-state index in [1.807, 2.05) is 24.3 Å². The Balaban J connectivity index is 1.54. The van der Waals surface area contributed by atoms with E-state index in [0.29, 0.717) is 5.16 Å². The normalized spacial score (nSPS) is 11.7. The van der Waals surface area contributed by atoms with E-state index in [0.717, 1.165) is 38.9 Å². The molecule has 0 N–H and O–H groups in total. The Labute approximate surface area is 154 Å². The second-order valence-corrected chi connectivity index (χ2v) is 7.23. The van der Waals surface area contributed by atoms with Crippen molar-refractivity contribution in [3.8, 4) is 22.5 Å². The molecule has 5 rings (SSSR count). The molecule has 25 heavy (non-hydrogen) atoms. The first-order valence-corrected chi connectivity index (χ1v) is 9.31. The Bertz CT molecular complexity index is 1120. The van der Waals surface area contributed by atoms with Gasteiger partial charge in [0.25, 0.3) is 0 Å². The number of nitrogens with zero attached hydrogens (tertiary/aromatic N) is 3. The molecule has 0 aliphatic heterocycles. The van der Waals surface area contributed by atoms with Crippen LogP contribution in [0.5, 0.6) is 0 Å². The maximum atomic E-state index is 6.23.